The Balaban J connectivity index is 2.31. The van der Waals surface area contributed by atoms with E-state index >= 15 is 0 Å². The molecule has 1 rings (SSSR count). The van der Waals surface area contributed by atoms with Crippen LogP contribution in [0.2, 0.25) is 0 Å². The molecule has 1 aliphatic heterocycles. The third kappa shape index (κ3) is 5.25. The van der Waals surface area contributed by atoms with Gasteiger partial charge < -0.3 is 10.1 Å². The number of hydrogen-bond acceptors (Lipinski definition) is 3. The van der Waals surface area contributed by atoms with E-state index in [4.69, 9.17) is 4.74 Å². The number of rotatable bonds is 8. The maximum atomic E-state index is 5.58. The number of nitrogens with one attached hydrogen (secondary N) is 1. The van der Waals surface area contributed by atoms with E-state index in [9.17, 15) is 0 Å². The summed E-state index contributed by atoms with van der Waals surface area (Å²) >= 11 is 0. The summed E-state index contributed by atoms with van der Waals surface area (Å²) in [5, 5.41) is 3.67. The Bertz CT molecular complexity index is 209. The molecule has 108 valence electrons. The summed E-state index contributed by atoms with van der Waals surface area (Å²) in [4.78, 5) is 2.67. The minimum atomic E-state index is 0.677. The Hall–Kier alpha value is -0.120. The van der Waals surface area contributed by atoms with Gasteiger partial charge in [-0.2, -0.15) is 0 Å². The average molecular weight is 256 g/mol. The predicted molar refractivity (Wildman–Crippen MR) is 78.0 cm³/mol. The Labute approximate surface area is 113 Å². The van der Waals surface area contributed by atoms with E-state index in [0.29, 0.717) is 12.1 Å². The normalized spacial score (nSPS) is 25.8. The van der Waals surface area contributed by atoms with E-state index in [1.54, 1.807) is 0 Å². The lowest BCUT2D eigenvalue weighted by atomic mass is 9.97. The van der Waals surface area contributed by atoms with Gasteiger partial charge in [0, 0.05) is 44.9 Å². The standard InChI is InChI=1S/C15H32N2O/c1-5-9-18-10-7-8-17-12-14(6-2)16-11-15(17)13(3)4/h13-16H,5-12H2,1-4H3. The van der Waals surface area contributed by atoms with Crippen LogP contribution in [-0.2, 0) is 4.74 Å². The zero-order chi connectivity index (χ0) is 13.4. The molecular weight excluding hydrogens is 224 g/mol. The minimum Gasteiger partial charge on any atom is -0.381 e. The summed E-state index contributed by atoms with van der Waals surface area (Å²) in [6, 6.07) is 1.37. The molecular formula is C15H32N2O. The molecule has 1 N–H and O–H groups in total. The first-order chi connectivity index (χ1) is 8.69. The minimum absolute atomic E-state index is 0.677. The molecule has 0 amide bonds. The molecule has 3 heteroatoms. The highest BCUT2D eigenvalue weighted by Crippen LogP contribution is 2.16. The molecule has 0 radical (unpaired) electrons. The molecule has 0 bridgehead atoms. The summed E-state index contributed by atoms with van der Waals surface area (Å²) in [6.45, 7) is 14.5. The van der Waals surface area contributed by atoms with Crippen molar-refractivity contribution in [2.24, 2.45) is 5.92 Å². The van der Waals surface area contributed by atoms with E-state index < -0.39 is 0 Å². The highest BCUT2D eigenvalue weighted by molar-refractivity contribution is 4.87. The molecule has 1 aliphatic rings. The van der Waals surface area contributed by atoms with Gasteiger partial charge in [0.25, 0.3) is 0 Å². The van der Waals surface area contributed by atoms with Gasteiger partial charge in [0.1, 0.15) is 0 Å². The first-order valence-corrected chi connectivity index (χ1v) is 7.74. The molecule has 1 fully saturated rings. The van der Waals surface area contributed by atoms with Gasteiger partial charge in [-0.1, -0.05) is 27.7 Å². The third-order valence-corrected chi connectivity index (χ3v) is 3.88. The molecule has 18 heavy (non-hydrogen) atoms. The molecule has 0 spiro atoms. The Morgan fingerprint density at radius 1 is 1.28 bits per heavy atom. The van der Waals surface area contributed by atoms with Crippen LogP contribution in [0.4, 0.5) is 0 Å². The summed E-state index contributed by atoms with van der Waals surface area (Å²) in [5.74, 6) is 0.729. The fraction of sp³-hybridized carbons (Fsp3) is 1.00. The first-order valence-electron chi connectivity index (χ1n) is 7.74. The third-order valence-electron chi connectivity index (χ3n) is 3.88. The second-order valence-corrected chi connectivity index (χ2v) is 5.79. The summed E-state index contributed by atoms with van der Waals surface area (Å²) < 4.78 is 5.58. The van der Waals surface area contributed by atoms with Crippen LogP contribution in [-0.4, -0.2) is 49.8 Å². The Morgan fingerprint density at radius 2 is 2.06 bits per heavy atom. The van der Waals surface area contributed by atoms with Crippen LogP contribution >= 0.6 is 0 Å². The summed E-state index contributed by atoms with van der Waals surface area (Å²) in [6.07, 6.45) is 3.52. The van der Waals surface area contributed by atoms with Crippen molar-refractivity contribution >= 4 is 0 Å². The number of hydrogen-bond donors (Lipinski definition) is 1. The van der Waals surface area contributed by atoms with Crippen molar-refractivity contribution in [3.8, 4) is 0 Å². The molecule has 0 aromatic carbocycles. The van der Waals surface area contributed by atoms with Crippen molar-refractivity contribution in [3.63, 3.8) is 0 Å². The van der Waals surface area contributed by atoms with E-state index in [2.05, 4.69) is 37.9 Å². The molecule has 0 aliphatic carbocycles. The van der Waals surface area contributed by atoms with Gasteiger partial charge >= 0.3 is 0 Å². The number of piperazine rings is 1. The van der Waals surface area contributed by atoms with Gasteiger partial charge in [0.05, 0.1) is 0 Å². The molecule has 0 saturated carbocycles. The topological polar surface area (TPSA) is 24.5 Å². The lowest BCUT2D eigenvalue weighted by molar-refractivity contribution is 0.0745. The lowest BCUT2D eigenvalue weighted by Gasteiger charge is -2.42. The van der Waals surface area contributed by atoms with Crippen molar-refractivity contribution in [1.82, 2.24) is 10.2 Å². The fourth-order valence-corrected chi connectivity index (χ4v) is 2.70. The molecule has 2 unspecified atom stereocenters. The summed E-state index contributed by atoms with van der Waals surface area (Å²) in [5.41, 5.74) is 0. The zero-order valence-electron chi connectivity index (χ0n) is 12.7. The first kappa shape index (κ1) is 15.9. The summed E-state index contributed by atoms with van der Waals surface area (Å²) in [7, 11) is 0. The quantitative estimate of drug-likeness (QED) is 0.675. The van der Waals surface area contributed by atoms with Crippen molar-refractivity contribution in [3.05, 3.63) is 0 Å². The van der Waals surface area contributed by atoms with Crippen LogP contribution in [0.3, 0.4) is 0 Å². The molecule has 2 atom stereocenters. The van der Waals surface area contributed by atoms with Crippen molar-refractivity contribution in [2.45, 2.75) is 59.0 Å². The van der Waals surface area contributed by atoms with Crippen LogP contribution in [0.15, 0.2) is 0 Å². The monoisotopic (exact) mass is 256 g/mol. The molecule has 1 heterocycles. The lowest BCUT2D eigenvalue weighted by Crippen LogP contribution is -2.58. The van der Waals surface area contributed by atoms with E-state index in [1.807, 2.05) is 0 Å². The van der Waals surface area contributed by atoms with Gasteiger partial charge in [-0.15, -0.1) is 0 Å². The van der Waals surface area contributed by atoms with Crippen LogP contribution < -0.4 is 5.32 Å². The Morgan fingerprint density at radius 3 is 2.67 bits per heavy atom. The van der Waals surface area contributed by atoms with E-state index in [1.165, 1.54) is 25.9 Å². The van der Waals surface area contributed by atoms with E-state index in [-0.39, 0.29) is 0 Å². The van der Waals surface area contributed by atoms with Crippen LogP contribution in [0.1, 0.15) is 47.0 Å². The van der Waals surface area contributed by atoms with Crippen LogP contribution in [0.25, 0.3) is 0 Å². The molecule has 3 nitrogen and oxygen atoms in total. The van der Waals surface area contributed by atoms with Gasteiger partial charge in [-0.3, -0.25) is 4.90 Å². The second-order valence-electron chi connectivity index (χ2n) is 5.79. The van der Waals surface area contributed by atoms with Crippen molar-refractivity contribution in [1.29, 1.82) is 0 Å². The smallest absolute Gasteiger partial charge is 0.0478 e. The van der Waals surface area contributed by atoms with Crippen LogP contribution in [0.5, 0.6) is 0 Å². The molecule has 0 aromatic heterocycles. The average Bonchev–Trinajstić information content (AvgIpc) is 2.38. The van der Waals surface area contributed by atoms with E-state index in [0.717, 1.165) is 32.1 Å². The van der Waals surface area contributed by atoms with Crippen LogP contribution in [0, 0.1) is 5.92 Å². The largest absolute Gasteiger partial charge is 0.381 e. The number of ether oxygens (including phenoxy) is 1. The highest BCUT2D eigenvalue weighted by atomic mass is 16.5. The second kappa shape index (κ2) is 8.89. The molecule has 1 saturated heterocycles. The van der Waals surface area contributed by atoms with Gasteiger partial charge in [0.15, 0.2) is 0 Å². The maximum Gasteiger partial charge on any atom is 0.0478 e. The van der Waals surface area contributed by atoms with Crippen molar-refractivity contribution in [2.75, 3.05) is 32.8 Å². The zero-order valence-corrected chi connectivity index (χ0v) is 12.7. The molecule has 0 aromatic rings. The van der Waals surface area contributed by atoms with Gasteiger partial charge in [-0.05, 0) is 25.2 Å². The maximum absolute atomic E-state index is 5.58. The van der Waals surface area contributed by atoms with Crippen molar-refractivity contribution < 1.29 is 4.74 Å². The Kier molecular flexibility index (Phi) is 7.87. The van der Waals surface area contributed by atoms with Gasteiger partial charge in [0.2, 0.25) is 0 Å². The highest BCUT2D eigenvalue weighted by Gasteiger charge is 2.28. The van der Waals surface area contributed by atoms with Gasteiger partial charge in [-0.25, -0.2) is 0 Å². The number of nitrogens with zero attached hydrogens (tertiary/aromatic N) is 1. The SMILES string of the molecule is CCCOCCCN1CC(CC)NCC1C(C)C. The fourth-order valence-electron chi connectivity index (χ4n) is 2.70. The predicted octanol–water partition coefficient (Wildman–Crippen LogP) is 2.51.